The van der Waals surface area contributed by atoms with Crippen LogP contribution in [0.5, 0.6) is 0 Å². The van der Waals surface area contributed by atoms with Gasteiger partial charge in [0.2, 0.25) is 10.0 Å². The van der Waals surface area contributed by atoms with Crippen LogP contribution in [0.4, 0.5) is 0 Å². The second-order valence-electron chi connectivity index (χ2n) is 5.99. The molecule has 3 rings (SSSR count). The molecule has 0 unspecified atom stereocenters. The van der Waals surface area contributed by atoms with Crippen LogP contribution in [0.25, 0.3) is 0 Å². The standard InChI is InChI=1S/C18H19NO4S/c1-13-5-7-14(8-6-13)12-23-18(20)15-3-2-4-17(11-15)24(21,22)19-16-9-10-16/h2-8,11,16,19H,9-10,12H2,1H3. The molecule has 24 heavy (non-hydrogen) atoms. The average molecular weight is 345 g/mol. The van der Waals surface area contributed by atoms with E-state index in [2.05, 4.69) is 4.72 Å². The van der Waals surface area contributed by atoms with Crippen molar-refractivity contribution in [3.8, 4) is 0 Å². The van der Waals surface area contributed by atoms with E-state index in [4.69, 9.17) is 4.74 Å². The topological polar surface area (TPSA) is 72.5 Å². The lowest BCUT2D eigenvalue weighted by molar-refractivity contribution is 0.0472. The summed E-state index contributed by atoms with van der Waals surface area (Å²) in [4.78, 5) is 12.2. The molecule has 0 bridgehead atoms. The van der Waals surface area contributed by atoms with E-state index in [0.717, 1.165) is 24.0 Å². The largest absolute Gasteiger partial charge is 0.457 e. The number of hydrogen-bond donors (Lipinski definition) is 1. The molecule has 0 heterocycles. The first-order valence-corrected chi connectivity index (χ1v) is 9.27. The molecule has 1 saturated carbocycles. The highest BCUT2D eigenvalue weighted by atomic mass is 32.2. The molecule has 0 radical (unpaired) electrons. The summed E-state index contributed by atoms with van der Waals surface area (Å²) in [6, 6.07) is 13.6. The molecule has 0 amide bonds. The Bertz CT molecular complexity index is 840. The van der Waals surface area contributed by atoms with Gasteiger partial charge in [0, 0.05) is 6.04 Å². The summed E-state index contributed by atoms with van der Waals surface area (Å²) in [5.74, 6) is -0.543. The highest BCUT2D eigenvalue weighted by Crippen LogP contribution is 2.22. The average Bonchev–Trinajstić information content (AvgIpc) is 3.37. The van der Waals surface area contributed by atoms with Crippen molar-refractivity contribution < 1.29 is 17.9 Å². The van der Waals surface area contributed by atoms with Gasteiger partial charge in [-0.15, -0.1) is 0 Å². The Morgan fingerprint density at radius 2 is 1.88 bits per heavy atom. The number of aryl methyl sites for hydroxylation is 1. The van der Waals surface area contributed by atoms with Gasteiger partial charge in [-0.1, -0.05) is 35.9 Å². The van der Waals surface area contributed by atoms with E-state index in [0.29, 0.717) is 0 Å². The Labute approximate surface area is 141 Å². The molecule has 0 aromatic heterocycles. The van der Waals surface area contributed by atoms with Crippen LogP contribution >= 0.6 is 0 Å². The van der Waals surface area contributed by atoms with Gasteiger partial charge in [0.1, 0.15) is 6.61 Å². The number of carbonyl (C=O) groups is 1. The number of hydrogen-bond acceptors (Lipinski definition) is 4. The number of rotatable bonds is 6. The van der Waals surface area contributed by atoms with Gasteiger partial charge in [-0.05, 0) is 43.5 Å². The van der Waals surface area contributed by atoms with Crippen molar-refractivity contribution in [2.75, 3.05) is 0 Å². The summed E-state index contributed by atoms with van der Waals surface area (Å²) in [5, 5.41) is 0. The number of ether oxygens (including phenoxy) is 1. The third-order valence-electron chi connectivity index (χ3n) is 3.77. The normalized spacial score (nSPS) is 14.4. The van der Waals surface area contributed by atoms with Gasteiger partial charge in [0.05, 0.1) is 10.5 Å². The van der Waals surface area contributed by atoms with Crippen molar-refractivity contribution in [3.05, 3.63) is 65.2 Å². The second-order valence-corrected chi connectivity index (χ2v) is 7.70. The monoisotopic (exact) mass is 345 g/mol. The lowest BCUT2D eigenvalue weighted by atomic mass is 10.2. The third kappa shape index (κ3) is 4.21. The molecule has 5 nitrogen and oxygen atoms in total. The van der Waals surface area contributed by atoms with Crippen molar-refractivity contribution in [2.24, 2.45) is 0 Å². The third-order valence-corrected chi connectivity index (χ3v) is 5.29. The highest BCUT2D eigenvalue weighted by Gasteiger charge is 2.28. The summed E-state index contributed by atoms with van der Waals surface area (Å²) in [6.07, 6.45) is 1.72. The van der Waals surface area contributed by atoms with E-state index >= 15 is 0 Å². The molecule has 1 aliphatic carbocycles. The predicted molar refractivity (Wildman–Crippen MR) is 90.1 cm³/mol. The molecule has 1 aliphatic rings. The van der Waals surface area contributed by atoms with E-state index < -0.39 is 16.0 Å². The molecule has 0 aliphatic heterocycles. The number of carbonyl (C=O) groups excluding carboxylic acids is 1. The van der Waals surface area contributed by atoms with Crippen LogP contribution < -0.4 is 4.72 Å². The fourth-order valence-corrected chi connectivity index (χ4v) is 3.55. The second kappa shape index (κ2) is 6.75. The van der Waals surface area contributed by atoms with E-state index in [1.807, 2.05) is 31.2 Å². The van der Waals surface area contributed by atoms with Gasteiger partial charge in [-0.3, -0.25) is 0 Å². The molecular weight excluding hydrogens is 326 g/mol. The number of esters is 1. The molecule has 0 atom stereocenters. The number of benzene rings is 2. The first kappa shape index (κ1) is 16.7. The molecule has 126 valence electrons. The van der Waals surface area contributed by atoms with Crippen molar-refractivity contribution in [1.82, 2.24) is 4.72 Å². The fraction of sp³-hybridized carbons (Fsp3) is 0.278. The minimum absolute atomic E-state index is 0.0205. The predicted octanol–water partition coefficient (Wildman–Crippen LogP) is 2.79. The SMILES string of the molecule is Cc1ccc(COC(=O)c2cccc(S(=O)(=O)NC3CC3)c2)cc1. The van der Waals surface area contributed by atoms with Gasteiger partial charge < -0.3 is 4.74 Å². The van der Waals surface area contributed by atoms with E-state index in [1.165, 1.54) is 12.1 Å². The zero-order valence-corrected chi connectivity index (χ0v) is 14.2. The van der Waals surface area contributed by atoms with E-state index in [1.54, 1.807) is 12.1 Å². The molecule has 0 saturated heterocycles. The maximum absolute atomic E-state index is 12.2. The maximum Gasteiger partial charge on any atom is 0.338 e. The Kier molecular flexibility index (Phi) is 4.69. The quantitative estimate of drug-likeness (QED) is 0.817. The first-order chi connectivity index (χ1) is 11.4. The van der Waals surface area contributed by atoms with Crippen LogP contribution in [0.3, 0.4) is 0 Å². The van der Waals surface area contributed by atoms with Crippen molar-refractivity contribution in [2.45, 2.75) is 37.3 Å². The summed E-state index contributed by atoms with van der Waals surface area (Å²) < 4.78 is 32.3. The smallest absolute Gasteiger partial charge is 0.338 e. The number of sulfonamides is 1. The van der Waals surface area contributed by atoms with E-state index in [-0.39, 0.29) is 23.1 Å². The minimum atomic E-state index is -3.58. The van der Waals surface area contributed by atoms with E-state index in [9.17, 15) is 13.2 Å². The molecule has 6 heteroatoms. The maximum atomic E-state index is 12.2. The molecular formula is C18H19NO4S. The molecule has 0 spiro atoms. The Hall–Kier alpha value is -2.18. The summed E-state index contributed by atoms with van der Waals surface area (Å²) >= 11 is 0. The van der Waals surface area contributed by atoms with Crippen LogP contribution in [0.1, 0.15) is 34.3 Å². The number of nitrogens with one attached hydrogen (secondary N) is 1. The van der Waals surface area contributed by atoms with Crippen molar-refractivity contribution >= 4 is 16.0 Å². The van der Waals surface area contributed by atoms with Crippen LogP contribution in [0, 0.1) is 6.92 Å². The molecule has 2 aromatic carbocycles. The lowest BCUT2D eigenvalue weighted by Crippen LogP contribution is -2.25. The van der Waals surface area contributed by atoms with Crippen LogP contribution in [-0.4, -0.2) is 20.4 Å². The van der Waals surface area contributed by atoms with Crippen molar-refractivity contribution in [1.29, 1.82) is 0 Å². The first-order valence-electron chi connectivity index (χ1n) is 7.79. The zero-order valence-electron chi connectivity index (χ0n) is 13.4. The molecule has 2 aromatic rings. The zero-order chi connectivity index (χ0) is 17.2. The summed E-state index contributed by atoms with van der Waals surface area (Å²) in [7, 11) is -3.58. The van der Waals surface area contributed by atoms with Gasteiger partial charge in [-0.2, -0.15) is 0 Å². The Balaban J connectivity index is 1.68. The van der Waals surface area contributed by atoms with Gasteiger partial charge >= 0.3 is 5.97 Å². The summed E-state index contributed by atoms with van der Waals surface area (Å²) in [5.41, 5.74) is 2.24. The molecule has 1 N–H and O–H groups in total. The van der Waals surface area contributed by atoms with Crippen molar-refractivity contribution in [3.63, 3.8) is 0 Å². The minimum Gasteiger partial charge on any atom is -0.457 e. The van der Waals surface area contributed by atoms with Crippen LogP contribution in [-0.2, 0) is 21.4 Å². The van der Waals surface area contributed by atoms with Gasteiger partial charge in [0.15, 0.2) is 0 Å². The van der Waals surface area contributed by atoms with Crippen LogP contribution in [0.2, 0.25) is 0 Å². The summed E-state index contributed by atoms with van der Waals surface area (Å²) in [6.45, 7) is 2.13. The Morgan fingerprint density at radius 3 is 2.54 bits per heavy atom. The fourth-order valence-electron chi connectivity index (χ4n) is 2.20. The Morgan fingerprint density at radius 1 is 1.17 bits per heavy atom. The van der Waals surface area contributed by atoms with Gasteiger partial charge in [0.25, 0.3) is 0 Å². The highest BCUT2D eigenvalue weighted by molar-refractivity contribution is 7.89. The molecule has 1 fully saturated rings. The van der Waals surface area contributed by atoms with Crippen LogP contribution in [0.15, 0.2) is 53.4 Å². The van der Waals surface area contributed by atoms with Gasteiger partial charge in [-0.25, -0.2) is 17.9 Å². The lowest BCUT2D eigenvalue weighted by Gasteiger charge is -2.08.